The highest BCUT2D eigenvalue weighted by atomic mass is 32.2. The number of sulfonamides is 1. The molecule has 2 rings (SSSR count). The highest BCUT2D eigenvalue weighted by Gasteiger charge is 2.32. The van der Waals surface area contributed by atoms with Crippen LogP contribution in [0.5, 0.6) is 5.75 Å². The van der Waals surface area contributed by atoms with Gasteiger partial charge in [0.15, 0.2) is 6.10 Å². The Labute approximate surface area is 218 Å². The van der Waals surface area contributed by atoms with Gasteiger partial charge in [0.25, 0.3) is 5.91 Å². The Hall–Kier alpha value is -3.15. The third-order valence-corrected chi connectivity index (χ3v) is 7.90. The summed E-state index contributed by atoms with van der Waals surface area (Å²) in [5.41, 5.74) is 5.98. The quantitative estimate of drug-likeness (QED) is 0.336. The van der Waals surface area contributed by atoms with E-state index in [1.807, 2.05) is 44.2 Å². The Balaban J connectivity index is 2.33. The molecule has 0 aliphatic carbocycles. The number of methoxy groups -OCH3 is 1. The molecule has 2 aromatic carbocycles. The van der Waals surface area contributed by atoms with Gasteiger partial charge in [-0.15, -0.1) is 0 Å². The number of nitrogens with one attached hydrogen (secondary N) is 1. The van der Waals surface area contributed by atoms with Crippen molar-refractivity contribution in [3.8, 4) is 5.75 Å². The number of ether oxygens (including phenoxy) is 2. The lowest BCUT2D eigenvalue weighted by Crippen LogP contribution is -2.52. The summed E-state index contributed by atoms with van der Waals surface area (Å²) in [5.74, 6) is -0.286. The van der Waals surface area contributed by atoms with Gasteiger partial charge >= 0.3 is 6.09 Å². The molecule has 0 aromatic heterocycles. The average Bonchev–Trinajstić information content (AvgIpc) is 2.88. The molecule has 0 aliphatic heterocycles. The summed E-state index contributed by atoms with van der Waals surface area (Å²) < 4.78 is 38.5. The molecule has 0 aliphatic rings. The number of carbonyl (C=O) groups is 2. The summed E-state index contributed by atoms with van der Waals surface area (Å²) in [7, 11) is -2.49. The van der Waals surface area contributed by atoms with Crippen LogP contribution in [-0.4, -0.2) is 68.3 Å². The molecular formula is C26H37N3O7S. The monoisotopic (exact) mass is 535 g/mol. The standard InChI is InChI=1S/C26H37N3O7S/c1-5-18(2)16-29(37(33,34)22-13-11-21(35-4)12-14-22)17-24(30)23(15-20-9-7-6-8-10-20)28-26(32)36-19(3)25(27)31/h6-14,18-19,23-24,30H,5,15-17H2,1-4H3,(H2,27,31)(H,28,32)/t18-,19-,23+,24-/m1/s1. The smallest absolute Gasteiger partial charge is 0.408 e. The molecule has 0 saturated heterocycles. The SMILES string of the molecule is CC[C@@H](C)CN(C[C@@H](O)[C@H](Cc1ccccc1)NC(=O)O[C@H](C)C(N)=O)S(=O)(=O)c1ccc(OC)cc1. The number of nitrogens with zero attached hydrogens (tertiary/aromatic N) is 1. The summed E-state index contributed by atoms with van der Waals surface area (Å²) in [4.78, 5) is 23.8. The molecule has 0 radical (unpaired) electrons. The third-order valence-electron chi connectivity index (χ3n) is 6.05. The summed E-state index contributed by atoms with van der Waals surface area (Å²) in [6.07, 6.45) is -2.49. The molecule has 0 saturated carbocycles. The fraction of sp³-hybridized carbons (Fsp3) is 0.462. The van der Waals surface area contributed by atoms with Gasteiger partial charge in [-0.1, -0.05) is 50.6 Å². The Morgan fingerprint density at radius 3 is 2.22 bits per heavy atom. The predicted octanol–water partition coefficient (Wildman–Crippen LogP) is 2.30. The van der Waals surface area contributed by atoms with Crippen molar-refractivity contribution in [1.29, 1.82) is 0 Å². The van der Waals surface area contributed by atoms with Crippen molar-refractivity contribution in [1.82, 2.24) is 9.62 Å². The zero-order valence-electron chi connectivity index (χ0n) is 21.7. The zero-order valence-corrected chi connectivity index (χ0v) is 22.5. The molecule has 4 N–H and O–H groups in total. The number of alkyl carbamates (subject to hydrolysis) is 1. The van der Waals surface area contributed by atoms with Gasteiger partial charge in [-0.2, -0.15) is 4.31 Å². The van der Waals surface area contributed by atoms with Crippen LogP contribution in [0.2, 0.25) is 0 Å². The van der Waals surface area contributed by atoms with Crippen LogP contribution in [0.1, 0.15) is 32.8 Å². The number of rotatable bonds is 14. The Kier molecular flexibility index (Phi) is 11.4. The topological polar surface area (TPSA) is 148 Å². The number of aliphatic hydroxyl groups excluding tert-OH is 1. The number of nitrogens with two attached hydrogens (primary N) is 1. The van der Waals surface area contributed by atoms with Crippen LogP contribution < -0.4 is 15.8 Å². The van der Waals surface area contributed by atoms with Crippen LogP contribution in [0, 0.1) is 5.92 Å². The van der Waals surface area contributed by atoms with Crippen molar-refractivity contribution in [3.05, 3.63) is 60.2 Å². The Morgan fingerprint density at radius 1 is 1.05 bits per heavy atom. The summed E-state index contributed by atoms with van der Waals surface area (Å²) in [6.45, 7) is 5.10. The maximum atomic E-state index is 13.6. The molecule has 11 heteroatoms. The molecule has 0 unspecified atom stereocenters. The Bertz CT molecular complexity index is 1110. The molecule has 4 atom stereocenters. The lowest BCUT2D eigenvalue weighted by molar-refractivity contribution is -0.125. The Morgan fingerprint density at radius 2 is 1.68 bits per heavy atom. The number of hydrogen-bond donors (Lipinski definition) is 3. The van der Waals surface area contributed by atoms with Crippen molar-refractivity contribution in [2.45, 2.75) is 56.8 Å². The minimum atomic E-state index is -3.98. The first-order valence-corrected chi connectivity index (χ1v) is 13.5. The van der Waals surface area contributed by atoms with Gasteiger partial charge in [0.2, 0.25) is 10.0 Å². The second kappa shape index (κ2) is 14.0. The van der Waals surface area contributed by atoms with Crippen LogP contribution in [0.3, 0.4) is 0 Å². The molecule has 2 amide bonds. The highest BCUT2D eigenvalue weighted by molar-refractivity contribution is 7.89. The second-order valence-corrected chi connectivity index (χ2v) is 10.9. The highest BCUT2D eigenvalue weighted by Crippen LogP contribution is 2.22. The molecule has 0 heterocycles. The molecule has 204 valence electrons. The summed E-state index contributed by atoms with van der Waals surface area (Å²) >= 11 is 0. The van der Waals surface area contributed by atoms with E-state index < -0.39 is 40.3 Å². The van der Waals surface area contributed by atoms with Crippen molar-refractivity contribution < 1.29 is 32.6 Å². The molecule has 0 fully saturated rings. The number of carbonyl (C=O) groups excluding carboxylic acids is 2. The van der Waals surface area contributed by atoms with E-state index in [1.165, 1.54) is 30.5 Å². The van der Waals surface area contributed by atoms with Gasteiger partial charge < -0.3 is 25.6 Å². The van der Waals surface area contributed by atoms with Gasteiger partial charge in [0.05, 0.1) is 24.2 Å². The first-order chi connectivity index (χ1) is 17.5. The zero-order chi connectivity index (χ0) is 27.6. The predicted molar refractivity (Wildman–Crippen MR) is 139 cm³/mol. The van der Waals surface area contributed by atoms with Crippen molar-refractivity contribution in [2.24, 2.45) is 11.7 Å². The fourth-order valence-electron chi connectivity index (χ4n) is 3.54. The number of primary amides is 1. The van der Waals surface area contributed by atoms with E-state index in [9.17, 15) is 23.1 Å². The van der Waals surface area contributed by atoms with Gasteiger partial charge in [-0.25, -0.2) is 13.2 Å². The summed E-state index contributed by atoms with van der Waals surface area (Å²) in [5, 5.41) is 13.8. The van der Waals surface area contributed by atoms with E-state index in [1.54, 1.807) is 12.1 Å². The second-order valence-electron chi connectivity index (χ2n) is 8.97. The fourth-order valence-corrected chi connectivity index (χ4v) is 5.11. The van der Waals surface area contributed by atoms with Gasteiger partial charge in [-0.05, 0) is 49.1 Å². The van der Waals surface area contributed by atoms with Crippen LogP contribution in [0.15, 0.2) is 59.5 Å². The van der Waals surface area contributed by atoms with E-state index in [0.29, 0.717) is 5.75 Å². The molecular weight excluding hydrogens is 498 g/mol. The molecule has 10 nitrogen and oxygen atoms in total. The first-order valence-electron chi connectivity index (χ1n) is 12.1. The molecule has 0 spiro atoms. The lowest BCUT2D eigenvalue weighted by Gasteiger charge is -2.31. The van der Waals surface area contributed by atoms with E-state index in [-0.39, 0.29) is 30.3 Å². The number of amides is 2. The van der Waals surface area contributed by atoms with E-state index >= 15 is 0 Å². The number of aliphatic hydroxyl groups is 1. The normalized spacial score (nSPS) is 14.9. The average molecular weight is 536 g/mol. The van der Waals surface area contributed by atoms with Crippen LogP contribution in [0.4, 0.5) is 4.79 Å². The maximum Gasteiger partial charge on any atom is 0.408 e. The van der Waals surface area contributed by atoms with Gasteiger partial charge in [-0.3, -0.25) is 4.79 Å². The maximum absolute atomic E-state index is 13.6. The first kappa shape index (κ1) is 30.1. The van der Waals surface area contributed by atoms with Gasteiger partial charge in [0, 0.05) is 13.1 Å². The number of benzene rings is 2. The van der Waals surface area contributed by atoms with Gasteiger partial charge in [0.1, 0.15) is 5.75 Å². The van der Waals surface area contributed by atoms with Crippen molar-refractivity contribution in [2.75, 3.05) is 20.2 Å². The van der Waals surface area contributed by atoms with Crippen LogP contribution >= 0.6 is 0 Å². The van der Waals surface area contributed by atoms with Crippen LogP contribution in [0.25, 0.3) is 0 Å². The largest absolute Gasteiger partial charge is 0.497 e. The number of hydrogen-bond acceptors (Lipinski definition) is 7. The van der Waals surface area contributed by atoms with E-state index in [0.717, 1.165) is 12.0 Å². The molecule has 2 aromatic rings. The third kappa shape index (κ3) is 9.03. The van der Waals surface area contributed by atoms with Crippen molar-refractivity contribution >= 4 is 22.0 Å². The lowest BCUT2D eigenvalue weighted by atomic mass is 10.0. The van der Waals surface area contributed by atoms with E-state index in [4.69, 9.17) is 15.2 Å². The van der Waals surface area contributed by atoms with E-state index in [2.05, 4.69) is 5.32 Å². The summed E-state index contributed by atoms with van der Waals surface area (Å²) in [6, 6.07) is 14.2. The minimum absolute atomic E-state index is 0.0159. The van der Waals surface area contributed by atoms with Crippen LogP contribution in [-0.2, 0) is 26.0 Å². The minimum Gasteiger partial charge on any atom is -0.497 e. The molecule has 0 bridgehead atoms. The molecule has 37 heavy (non-hydrogen) atoms. The van der Waals surface area contributed by atoms with Crippen molar-refractivity contribution in [3.63, 3.8) is 0 Å².